The lowest BCUT2D eigenvalue weighted by molar-refractivity contribution is -0.384. The van der Waals surface area contributed by atoms with Crippen molar-refractivity contribution >= 4 is 45.4 Å². The number of aryl methyl sites for hydroxylation is 1. The molecule has 0 saturated carbocycles. The zero-order valence-electron chi connectivity index (χ0n) is 21.2. The standard InChI is InChI=1S/C30H23N5O3S/c1-20-12-14-22(15-13-20)28-26-10-6-7-11-27(26)30(33(31-28)23-8-4-3-5-9-23)34(32-29(39-30)21(2)36)24-16-18-25(19-17-24)35(37)38/h3-19H,1-2H3/t30-/m1/s1. The number of rotatable bonds is 5. The third kappa shape index (κ3) is 4.07. The van der Waals surface area contributed by atoms with Gasteiger partial charge in [0.25, 0.3) is 5.69 Å². The number of nitro benzene ring substituents is 1. The van der Waals surface area contributed by atoms with E-state index in [2.05, 4.69) is 24.3 Å². The largest absolute Gasteiger partial charge is 0.292 e. The minimum atomic E-state index is -1.11. The maximum atomic E-state index is 12.7. The van der Waals surface area contributed by atoms with E-state index in [1.165, 1.54) is 30.8 Å². The maximum absolute atomic E-state index is 12.7. The number of hydrazone groups is 2. The van der Waals surface area contributed by atoms with Crippen molar-refractivity contribution in [1.82, 2.24) is 0 Å². The van der Waals surface area contributed by atoms with Gasteiger partial charge in [0.15, 0.2) is 10.8 Å². The lowest BCUT2D eigenvalue weighted by Gasteiger charge is -2.47. The molecular formula is C30H23N5O3S. The molecule has 2 heterocycles. The number of benzene rings is 4. The number of carbonyl (C=O) groups is 1. The van der Waals surface area contributed by atoms with Crippen molar-refractivity contribution in [2.75, 3.05) is 10.0 Å². The molecule has 0 N–H and O–H groups in total. The summed E-state index contributed by atoms with van der Waals surface area (Å²) in [6, 6.07) is 32.1. The molecule has 0 amide bonds. The Labute approximate surface area is 229 Å². The summed E-state index contributed by atoms with van der Waals surface area (Å²) in [5, 5.41) is 25.3. The van der Waals surface area contributed by atoms with E-state index in [4.69, 9.17) is 10.2 Å². The number of hydrogen-bond acceptors (Lipinski definition) is 8. The molecule has 0 saturated heterocycles. The predicted molar refractivity (Wildman–Crippen MR) is 155 cm³/mol. The van der Waals surface area contributed by atoms with Gasteiger partial charge < -0.3 is 0 Å². The van der Waals surface area contributed by atoms with Crippen LogP contribution in [-0.2, 0) is 9.79 Å². The molecule has 0 unspecified atom stereocenters. The lowest BCUT2D eigenvalue weighted by atomic mass is 9.93. The van der Waals surface area contributed by atoms with Gasteiger partial charge in [-0.1, -0.05) is 72.3 Å². The SMILES string of the molecule is CC(=O)C1=NN(c2ccc([N+](=O)[O-])cc2)[C@@]2(S1)c1ccccc1C(c1ccc(C)cc1)=NN2c1ccccc1. The number of ketones is 1. The number of anilines is 2. The Morgan fingerprint density at radius 2 is 1.44 bits per heavy atom. The van der Waals surface area contributed by atoms with Crippen molar-refractivity contribution in [1.29, 1.82) is 0 Å². The summed E-state index contributed by atoms with van der Waals surface area (Å²) in [5.74, 6) is -0.178. The van der Waals surface area contributed by atoms with E-state index in [-0.39, 0.29) is 11.5 Å². The molecule has 4 aromatic rings. The molecule has 9 heteroatoms. The first-order valence-corrected chi connectivity index (χ1v) is 13.1. The molecule has 0 bridgehead atoms. The number of nitro groups is 1. The zero-order chi connectivity index (χ0) is 27.1. The van der Waals surface area contributed by atoms with E-state index in [1.807, 2.05) is 66.5 Å². The van der Waals surface area contributed by atoms with E-state index >= 15 is 0 Å². The summed E-state index contributed by atoms with van der Waals surface area (Å²) in [5.41, 5.74) is 6.07. The van der Waals surface area contributed by atoms with Crippen LogP contribution < -0.4 is 10.0 Å². The van der Waals surface area contributed by atoms with Crippen molar-refractivity contribution in [2.24, 2.45) is 10.2 Å². The van der Waals surface area contributed by atoms with E-state index in [0.717, 1.165) is 33.7 Å². The minimum Gasteiger partial charge on any atom is -0.292 e. The van der Waals surface area contributed by atoms with Crippen LogP contribution in [-0.4, -0.2) is 21.5 Å². The van der Waals surface area contributed by atoms with Gasteiger partial charge in [0, 0.05) is 35.7 Å². The fourth-order valence-corrected chi connectivity index (χ4v) is 6.07. The highest BCUT2D eigenvalue weighted by atomic mass is 32.2. The van der Waals surface area contributed by atoms with Gasteiger partial charge in [0.1, 0.15) is 0 Å². The van der Waals surface area contributed by atoms with Crippen molar-refractivity contribution in [3.8, 4) is 0 Å². The normalized spacial score (nSPS) is 18.0. The van der Waals surface area contributed by atoms with Crippen LogP contribution in [0.15, 0.2) is 113 Å². The second kappa shape index (κ2) is 9.52. The van der Waals surface area contributed by atoms with Gasteiger partial charge in [-0.15, -0.1) is 0 Å². The van der Waals surface area contributed by atoms with Crippen molar-refractivity contribution in [3.63, 3.8) is 0 Å². The second-order valence-electron chi connectivity index (χ2n) is 9.26. The lowest BCUT2D eigenvalue weighted by Crippen LogP contribution is -2.54. The molecule has 0 aromatic heterocycles. The fourth-order valence-electron chi connectivity index (χ4n) is 4.79. The van der Waals surface area contributed by atoms with Crippen LogP contribution in [0.1, 0.15) is 29.2 Å². The molecule has 0 fully saturated rings. The van der Waals surface area contributed by atoms with Gasteiger partial charge in [-0.25, -0.2) is 10.0 Å². The highest BCUT2D eigenvalue weighted by molar-refractivity contribution is 8.17. The molecule has 2 aliphatic rings. The highest BCUT2D eigenvalue weighted by Gasteiger charge is 2.55. The third-order valence-corrected chi connectivity index (χ3v) is 8.08. The van der Waals surface area contributed by atoms with Crippen LogP contribution in [0.5, 0.6) is 0 Å². The number of carbonyl (C=O) groups excluding carboxylic acids is 1. The van der Waals surface area contributed by atoms with Gasteiger partial charge >= 0.3 is 0 Å². The Balaban J connectivity index is 1.64. The summed E-state index contributed by atoms with van der Waals surface area (Å²) in [4.78, 5) is 22.5. The first-order chi connectivity index (χ1) is 18.9. The van der Waals surface area contributed by atoms with Crippen molar-refractivity contribution in [2.45, 2.75) is 18.8 Å². The topological polar surface area (TPSA) is 91.4 Å². The molecule has 2 aliphatic heterocycles. The van der Waals surface area contributed by atoms with Gasteiger partial charge in [0.2, 0.25) is 4.99 Å². The summed E-state index contributed by atoms with van der Waals surface area (Å²) >= 11 is 1.31. The molecule has 39 heavy (non-hydrogen) atoms. The van der Waals surface area contributed by atoms with E-state index in [1.54, 1.807) is 17.1 Å². The average Bonchev–Trinajstić information content (AvgIpc) is 3.36. The molecule has 1 atom stereocenters. The first-order valence-electron chi connectivity index (χ1n) is 12.3. The van der Waals surface area contributed by atoms with Gasteiger partial charge in [-0.2, -0.15) is 10.2 Å². The molecule has 6 rings (SSSR count). The van der Waals surface area contributed by atoms with Crippen LogP contribution in [0.2, 0.25) is 0 Å². The zero-order valence-corrected chi connectivity index (χ0v) is 22.0. The monoisotopic (exact) mass is 533 g/mol. The Kier molecular flexibility index (Phi) is 6.00. The molecule has 4 aromatic carbocycles. The molecule has 8 nitrogen and oxygen atoms in total. The Bertz CT molecular complexity index is 1650. The molecule has 0 aliphatic carbocycles. The summed E-state index contributed by atoms with van der Waals surface area (Å²) in [6.07, 6.45) is 0. The quantitative estimate of drug-likeness (QED) is 0.217. The van der Waals surface area contributed by atoms with E-state index in [9.17, 15) is 14.9 Å². The molecule has 192 valence electrons. The molecule has 1 spiro atoms. The van der Waals surface area contributed by atoms with E-state index in [0.29, 0.717) is 10.7 Å². The Morgan fingerprint density at radius 1 is 0.821 bits per heavy atom. The van der Waals surface area contributed by atoms with E-state index < -0.39 is 9.92 Å². The Hall–Kier alpha value is -4.76. The van der Waals surface area contributed by atoms with Crippen LogP contribution >= 0.6 is 11.8 Å². The fraction of sp³-hybridized carbons (Fsp3) is 0.100. The second-order valence-corrected chi connectivity index (χ2v) is 10.4. The van der Waals surface area contributed by atoms with Crippen LogP contribution in [0.25, 0.3) is 0 Å². The molecular weight excluding hydrogens is 510 g/mol. The van der Waals surface area contributed by atoms with Gasteiger partial charge in [-0.3, -0.25) is 14.9 Å². The highest BCUT2D eigenvalue weighted by Crippen LogP contribution is 2.55. The number of thioether (sulfide) groups is 1. The Morgan fingerprint density at radius 3 is 2.10 bits per heavy atom. The van der Waals surface area contributed by atoms with Crippen LogP contribution in [0.3, 0.4) is 0 Å². The number of Topliss-reactive ketones (excluding diaryl/α,β-unsaturated/α-hetero) is 1. The summed E-state index contributed by atoms with van der Waals surface area (Å²) < 4.78 is 0. The maximum Gasteiger partial charge on any atom is 0.269 e. The van der Waals surface area contributed by atoms with Gasteiger partial charge in [-0.05, 0) is 43.0 Å². The first kappa shape index (κ1) is 24.6. The number of fused-ring (bicyclic) bond motifs is 2. The number of nitrogens with zero attached hydrogens (tertiary/aromatic N) is 5. The third-order valence-electron chi connectivity index (χ3n) is 6.67. The van der Waals surface area contributed by atoms with Crippen molar-refractivity contribution < 1.29 is 9.72 Å². The van der Waals surface area contributed by atoms with Gasteiger partial charge in [0.05, 0.1) is 22.0 Å². The smallest absolute Gasteiger partial charge is 0.269 e. The minimum absolute atomic E-state index is 0.0286. The average molecular weight is 534 g/mol. The number of para-hydroxylation sites is 1. The van der Waals surface area contributed by atoms with Crippen LogP contribution in [0, 0.1) is 17.0 Å². The summed E-state index contributed by atoms with van der Waals surface area (Å²) in [7, 11) is 0. The summed E-state index contributed by atoms with van der Waals surface area (Å²) in [6.45, 7) is 3.53. The predicted octanol–water partition coefficient (Wildman–Crippen LogP) is 6.44. The van der Waals surface area contributed by atoms with Crippen molar-refractivity contribution in [3.05, 3.63) is 135 Å². The van der Waals surface area contributed by atoms with Crippen LogP contribution in [0.4, 0.5) is 17.1 Å². The number of hydrogen-bond donors (Lipinski definition) is 0. The number of non-ortho nitro benzene ring substituents is 1. The molecule has 0 radical (unpaired) electrons.